The number of likely N-dealkylation sites (N-methyl/N-ethyl adjacent to an activating group) is 1. The van der Waals surface area contributed by atoms with Gasteiger partial charge in [-0.1, -0.05) is 6.92 Å². The molecule has 34 heavy (non-hydrogen) atoms. The zero-order chi connectivity index (χ0) is 24.8. The van der Waals surface area contributed by atoms with Crippen LogP contribution < -0.4 is 10.1 Å². The second-order valence-corrected chi connectivity index (χ2v) is 8.69. The van der Waals surface area contributed by atoms with Gasteiger partial charge in [-0.25, -0.2) is 0 Å². The van der Waals surface area contributed by atoms with Crippen molar-refractivity contribution in [2.24, 2.45) is 5.92 Å². The smallest absolute Gasteiger partial charge is 0.257 e. The first-order valence-electron chi connectivity index (χ1n) is 11.2. The highest BCUT2D eigenvalue weighted by Crippen LogP contribution is 2.26. The van der Waals surface area contributed by atoms with E-state index in [1.807, 2.05) is 13.8 Å². The lowest BCUT2D eigenvalue weighted by molar-refractivity contribution is -0.114. The van der Waals surface area contributed by atoms with E-state index in [2.05, 4.69) is 10.3 Å². The van der Waals surface area contributed by atoms with Crippen LogP contribution in [0.4, 0.5) is 5.69 Å². The summed E-state index contributed by atoms with van der Waals surface area (Å²) in [6, 6.07) is 8.13. The van der Waals surface area contributed by atoms with E-state index < -0.39 is 0 Å². The first-order valence-corrected chi connectivity index (χ1v) is 11.2. The van der Waals surface area contributed by atoms with Crippen LogP contribution >= 0.6 is 0 Å². The number of carbonyl (C=O) groups is 3. The zero-order valence-electron chi connectivity index (χ0n) is 20.3. The maximum atomic E-state index is 13.4. The number of carbonyl (C=O) groups excluding carboxylic acids is 3. The van der Waals surface area contributed by atoms with Crippen molar-refractivity contribution < 1.29 is 23.9 Å². The molecule has 0 saturated carbocycles. The number of fused-ring (bicyclic) bond motifs is 1. The summed E-state index contributed by atoms with van der Waals surface area (Å²) in [6.07, 6.45) is 2.88. The average Bonchev–Trinajstić information content (AvgIpc) is 2.83. The van der Waals surface area contributed by atoms with Crippen LogP contribution in [0.5, 0.6) is 5.75 Å². The Hall–Kier alpha value is -3.46. The minimum Gasteiger partial charge on any atom is -0.491 e. The average molecular weight is 469 g/mol. The van der Waals surface area contributed by atoms with E-state index in [1.165, 1.54) is 6.92 Å². The Morgan fingerprint density at radius 2 is 1.97 bits per heavy atom. The van der Waals surface area contributed by atoms with Crippen LogP contribution in [0.1, 0.15) is 41.5 Å². The maximum absolute atomic E-state index is 13.4. The molecule has 2 aromatic rings. The third-order valence-electron chi connectivity index (χ3n) is 5.93. The molecular formula is C25H32N4O5. The van der Waals surface area contributed by atoms with Gasteiger partial charge in [0.15, 0.2) is 0 Å². The summed E-state index contributed by atoms with van der Waals surface area (Å²) in [4.78, 5) is 45.6. The number of pyridine rings is 1. The molecule has 1 aromatic heterocycles. The van der Waals surface area contributed by atoms with Gasteiger partial charge in [0.1, 0.15) is 12.4 Å². The number of methoxy groups -OCH3 is 1. The molecule has 0 unspecified atom stereocenters. The van der Waals surface area contributed by atoms with Gasteiger partial charge in [-0.15, -0.1) is 0 Å². The molecule has 9 nitrogen and oxygen atoms in total. The summed E-state index contributed by atoms with van der Waals surface area (Å²) in [5, 5.41) is 2.70. The fraction of sp³-hybridized carbons (Fsp3) is 0.440. The van der Waals surface area contributed by atoms with Crippen LogP contribution in [0.3, 0.4) is 0 Å². The van der Waals surface area contributed by atoms with Crippen LogP contribution in [0.2, 0.25) is 0 Å². The Bertz CT molecular complexity index is 1030. The molecule has 3 atom stereocenters. The number of benzene rings is 1. The van der Waals surface area contributed by atoms with Crippen LogP contribution in [-0.4, -0.2) is 78.5 Å². The maximum Gasteiger partial charge on any atom is 0.257 e. The molecule has 0 aliphatic carbocycles. The van der Waals surface area contributed by atoms with E-state index in [4.69, 9.17) is 9.47 Å². The lowest BCUT2D eigenvalue weighted by atomic mass is 10.0. The number of anilines is 1. The highest BCUT2D eigenvalue weighted by Gasteiger charge is 2.31. The molecule has 182 valence electrons. The van der Waals surface area contributed by atoms with Gasteiger partial charge >= 0.3 is 0 Å². The van der Waals surface area contributed by atoms with E-state index in [1.54, 1.807) is 66.7 Å². The molecule has 0 fully saturated rings. The third-order valence-corrected chi connectivity index (χ3v) is 5.93. The summed E-state index contributed by atoms with van der Waals surface area (Å²) < 4.78 is 11.8. The number of aromatic nitrogens is 1. The molecule has 3 rings (SSSR count). The second-order valence-electron chi connectivity index (χ2n) is 8.69. The van der Waals surface area contributed by atoms with Gasteiger partial charge in [0.2, 0.25) is 5.91 Å². The molecule has 1 aliphatic heterocycles. The van der Waals surface area contributed by atoms with Gasteiger partial charge in [-0.05, 0) is 37.3 Å². The summed E-state index contributed by atoms with van der Waals surface area (Å²) >= 11 is 0. The Balaban J connectivity index is 1.99. The molecule has 1 N–H and O–H groups in total. The molecule has 1 aliphatic rings. The van der Waals surface area contributed by atoms with E-state index in [0.29, 0.717) is 35.7 Å². The predicted octanol–water partition coefficient (Wildman–Crippen LogP) is 2.69. The molecule has 2 heterocycles. The Morgan fingerprint density at radius 3 is 2.62 bits per heavy atom. The quantitative estimate of drug-likeness (QED) is 0.743. The van der Waals surface area contributed by atoms with E-state index in [9.17, 15) is 14.4 Å². The van der Waals surface area contributed by atoms with Gasteiger partial charge in [0.05, 0.1) is 23.3 Å². The Morgan fingerprint density at radius 1 is 1.21 bits per heavy atom. The fourth-order valence-corrected chi connectivity index (χ4v) is 4.00. The van der Waals surface area contributed by atoms with Crippen molar-refractivity contribution in [3.8, 4) is 5.75 Å². The largest absolute Gasteiger partial charge is 0.491 e. The number of amides is 3. The van der Waals surface area contributed by atoms with E-state index >= 15 is 0 Å². The van der Waals surface area contributed by atoms with E-state index in [-0.39, 0.29) is 42.4 Å². The van der Waals surface area contributed by atoms with Crippen LogP contribution in [0, 0.1) is 5.92 Å². The molecule has 0 saturated heterocycles. The highest BCUT2D eigenvalue weighted by atomic mass is 16.5. The van der Waals surface area contributed by atoms with Gasteiger partial charge in [0, 0.05) is 58.2 Å². The van der Waals surface area contributed by atoms with Gasteiger partial charge in [-0.3, -0.25) is 19.4 Å². The lowest BCUT2D eigenvalue weighted by Gasteiger charge is -2.36. The minimum absolute atomic E-state index is 0.0621. The number of hydrogen-bond acceptors (Lipinski definition) is 6. The first kappa shape index (κ1) is 25.2. The van der Waals surface area contributed by atoms with Crippen molar-refractivity contribution in [1.29, 1.82) is 0 Å². The molecular weight excluding hydrogens is 436 g/mol. The summed E-state index contributed by atoms with van der Waals surface area (Å²) in [5.41, 5.74) is 1.33. The molecule has 0 bridgehead atoms. The van der Waals surface area contributed by atoms with Crippen LogP contribution in [0.25, 0.3) is 0 Å². The second kappa shape index (κ2) is 11.1. The SMILES string of the molecule is CO[C@H]1CN(C)C(=O)c2cc(NC(C)=O)ccc2OC[C@@H](C)N(C(=O)c2cccnc2)C[C@@H]1C. The summed E-state index contributed by atoms with van der Waals surface area (Å²) in [5.74, 6) is -0.301. The minimum atomic E-state index is -0.298. The zero-order valence-corrected chi connectivity index (χ0v) is 20.3. The summed E-state index contributed by atoms with van der Waals surface area (Å²) in [6.45, 7) is 6.24. The van der Waals surface area contributed by atoms with Crippen molar-refractivity contribution >= 4 is 23.4 Å². The number of ether oxygens (including phenoxy) is 2. The molecule has 9 heteroatoms. The molecule has 1 aromatic carbocycles. The topological polar surface area (TPSA) is 101 Å². The monoisotopic (exact) mass is 468 g/mol. The summed E-state index contributed by atoms with van der Waals surface area (Å²) in [7, 11) is 3.30. The van der Waals surface area contributed by atoms with Gasteiger partial charge < -0.3 is 24.6 Å². The Kier molecular flexibility index (Phi) is 8.22. The Labute approximate surface area is 200 Å². The van der Waals surface area contributed by atoms with Crippen LogP contribution in [0.15, 0.2) is 42.7 Å². The first-order chi connectivity index (χ1) is 16.2. The molecule has 0 radical (unpaired) electrons. The van der Waals surface area contributed by atoms with Gasteiger partial charge in [0.25, 0.3) is 11.8 Å². The van der Waals surface area contributed by atoms with Crippen molar-refractivity contribution in [3.63, 3.8) is 0 Å². The molecule has 3 amide bonds. The van der Waals surface area contributed by atoms with Crippen molar-refractivity contribution in [1.82, 2.24) is 14.8 Å². The fourth-order valence-electron chi connectivity index (χ4n) is 4.00. The highest BCUT2D eigenvalue weighted by molar-refractivity contribution is 5.99. The van der Waals surface area contributed by atoms with Crippen LogP contribution in [-0.2, 0) is 9.53 Å². The predicted molar refractivity (Wildman–Crippen MR) is 128 cm³/mol. The number of rotatable bonds is 3. The standard InChI is InChI=1S/C25H32N4O5/c1-16-13-29(24(31)19-7-6-10-26-12-19)17(2)15-34-22-9-8-20(27-18(3)30)11-21(22)25(32)28(4)14-23(16)33-5/h6-12,16-17,23H,13-15H2,1-5H3,(H,27,30)/t16-,17+,23-/m0/s1. The van der Waals surface area contributed by atoms with Crippen molar-refractivity contribution in [3.05, 3.63) is 53.9 Å². The van der Waals surface area contributed by atoms with Gasteiger partial charge in [-0.2, -0.15) is 0 Å². The molecule has 0 spiro atoms. The van der Waals surface area contributed by atoms with Crippen molar-refractivity contribution in [2.75, 3.05) is 39.2 Å². The third kappa shape index (κ3) is 5.91. The number of nitrogens with zero attached hydrogens (tertiary/aromatic N) is 3. The number of nitrogens with one attached hydrogen (secondary N) is 1. The number of hydrogen-bond donors (Lipinski definition) is 1. The van der Waals surface area contributed by atoms with E-state index in [0.717, 1.165) is 0 Å². The normalized spacial score (nSPS) is 21.6. The van der Waals surface area contributed by atoms with Crippen molar-refractivity contribution in [2.45, 2.75) is 32.9 Å². The lowest BCUT2D eigenvalue weighted by Crippen LogP contribution is -2.48.